The normalized spacial score (nSPS) is 17.6. The number of rotatable bonds is 4. The lowest BCUT2D eigenvalue weighted by Crippen LogP contribution is -2.53. The largest absolute Gasteiger partial charge is 0.396 e. The zero-order chi connectivity index (χ0) is 12.5. The van der Waals surface area contributed by atoms with Crippen molar-refractivity contribution in [3.8, 4) is 0 Å². The second kappa shape index (κ2) is 4.50. The minimum atomic E-state index is -0.282. The molecule has 0 spiro atoms. The lowest BCUT2D eigenvalue weighted by Gasteiger charge is -2.39. The third kappa shape index (κ3) is 2.21. The van der Waals surface area contributed by atoms with Gasteiger partial charge in [0.15, 0.2) is 0 Å². The van der Waals surface area contributed by atoms with Gasteiger partial charge in [-0.1, -0.05) is 0 Å². The maximum Gasteiger partial charge on any atom is 0.267 e. The third-order valence-electron chi connectivity index (χ3n) is 3.38. The van der Waals surface area contributed by atoms with E-state index in [1.54, 1.807) is 6.07 Å². The Hall–Kier alpha value is -1.33. The number of carbonyl (C=O) groups is 1. The number of nitrogens with zero attached hydrogens (tertiary/aromatic N) is 1. The van der Waals surface area contributed by atoms with Crippen molar-refractivity contribution in [2.45, 2.75) is 6.92 Å². The van der Waals surface area contributed by atoms with Gasteiger partial charge in [-0.3, -0.25) is 4.79 Å². The summed E-state index contributed by atoms with van der Waals surface area (Å²) in [7, 11) is 1.86. The molecule has 1 aliphatic heterocycles. The third-order valence-corrected chi connectivity index (χ3v) is 3.38. The second-order valence-corrected chi connectivity index (χ2v) is 4.75. The summed E-state index contributed by atoms with van der Waals surface area (Å²) in [5.41, 5.74) is 1.39. The summed E-state index contributed by atoms with van der Waals surface area (Å²) in [6.07, 6.45) is 0. The van der Waals surface area contributed by atoms with Crippen LogP contribution in [0.4, 0.5) is 0 Å². The number of hydrogen-bond acceptors (Lipinski definition) is 3. The van der Waals surface area contributed by atoms with Crippen molar-refractivity contribution in [3.63, 3.8) is 0 Å². The number of nitrogens with one attached hydrogen (secondary N) is 1. The average Bonchev–Trinajstić information content (AvgIpc) is 2.59. The lowest BCUT2D eigenvalue weighted by atomic mass is 9.87. The minimum absolute atomic E-state index is 0.0411. The second-order valence-electron chi connectivity index (χ2n) is 4.75. The highest BCUT2D eigenvalue weighted by Crippen LogP contribution is 2.25. The summed E-state index contributed by atoms with van der Waals surface area (Å²) in [5.74, 6) is -0.111. The van der Waals surface area contributed by atoms with Gasteiger partial charge in [0.2, 0.25) is 0 Å². The first-order chi connectivity index (χ1) is 8.08. The van der Waals surface area contributed by atoms with E-state index in [0.29, 0.717) is 25.5 Å². The topological polar surface area (TPSA) is 63.5 Å². The molecule has 1 aromatic heterocycles. The molecule has 0 unspecified atom stereocenters. The van der Waals surface area contributed by atoms with E-state index in [0.717, 1.165) is 5.69 Å². The van der Waals surface area contributed by atoms with E-state index in [4.69, 9.17) is 4.74 Å². The monoisotopic (exact) mass is 238 g/mol. The molecular formula is C12H18N2O3. The highest BCUT2D eigenvalue weighted by molar-refractivity contribution is 5.92. The summed E-state index contributed by atoms with van der Waals surface area (Å²) in [5, 5.41) is 12.1. The molecule has 0 aromatic carbocycles. The molecule has 1 amide bonds. The zero-order valence-electron chi connectivity index (χ0n) is 10.2. The molecule has 0 bridgehead atoms. The van der Waals surface area contributed by atoms with Crippen molar-refractivity contribution in [1.29, 1.82) is 0 Å². The summed E-state index contributed by atoms with van der Waals surface area (Å²) in [6, 6.07) is 3.71. The first-order valence-corrected chi connectivity index (χ1v) is 5.67. The molecule has 5 nitrogen and oxygen atoms in total. The number of aromatic nitrogens is 1. The van der Waals surface area contributed by atoms with Crippen LogP contribution >= 0.6 is 0 Å². The molecule has 1 saturated heterocycles. The summed E-state index contributed by atoms with van der Waals surface area (Å²) < 4.78 is 6.92. The summed E-state index contributed by atoms with van der Waals surface area (Å²) >= 11 is 0. The highest BCUT2D eigenvalue weighted by atomic mass is 16.5. The molecule has 2 heterocycles. The fraction of sp³-hybridized carbons (Fsp3) is 0.583. The number of hydrogen-bond donors (Lipinski definition) is 2. The molecule has 2 rings (SSSR count). The van der Waals surface area contributed by atoms with Gasteiger partial charge in [0.1, 0.15) is 5.69 Å². The van der Waals surface area contributed by atoms with Gasteiger partial charge in [-0.05, 0) is 19.1 Å². The molecule has 2 N–H and O–H groups in total. The van der Waals surface area contributed by atoms with E-state index in [-0.39, 0.29) is 17.9 Å². The number of carbonyl (C=O) groups excluding carboxylic acids is 1. The van der Waals surface area contributed by atoms with Gasteiger partial charge in [-0.15, -0.1) is 0 Å². The van der Waals surface area contributed by atoms with E-state index >= 15 is 0 Å². The molecule has 0 aliphatic carbocycles. The van der Waals surface area contributed by atoms with Crippen LogP contribution in [-0.2, 0) is 11.8 Å². The van der Waals surface area contributed by atoms with Gasteiger partial charge >= 0.3 is 0 Å². The number of aryl methyl sites for hydroxylation is 1. The zero-order valence-corrected chi connectivity index (χ0v) is 10.2. The number of ether oxygens (including phenoxy) is 1. The fourth-order valence-electron chi connectivity index (χ4n) is 1.84. The average molecular weight is 238 g/mol. The Bertz CT molecular complexity index is 416. The SMILES string of the molecule is Cc1ccc(C(=O)NCC2(CO)COC2)n1C. The first-order valence-electron chi connectivity index (χ1n) is 5.67. The smallest absolute Gasteiger partial charge is 0.267 e. The van der Waals surface area contributed by atoms with E-state index in [2.05, 4.69) is 5.32 Å². The van der Waals surface area contributed by atoms with Crippen LogP contribution in [0, 0.1) is 12.3 Å². The Kier molecular flexibility index (Phi) is 3.22. The molecular weight excluding hydrogens is 220 g/mol. The Labute approximate surface area is 100 Å². The molecule has 5 heteroatoms. The van der Waals surface area contributed by atoms with Gasteiger partial charge in [-0.25, -0.2) is 0 Å². The van der Waals surface area contributed by atoms with Crippen LogP contribution in [0.25, 0.3) is 0 Å². The van der Waals surface area contributed by atoms with E-state index in [1.807, 2.05) is 24.6 Å². The Morgan fingerprint density at radius 3 is 2.71 bits per heavy atom. The van der Waals surface area contributed by atoms with Gasteiger partial charge in [0.25, 0.3) is 5.91 Å². The Balaban J connectivity index is 1.96. The molecule has 1 fully saturated rings. The van der Waals surface area contributed by atoms with Crippen molar-refractivity contribution >= 4 is 5.91 Å². The van der Waals surface area contributed by atoms with E-state index in [9.17, 15) is 9.90 Å². The van der Waals surface area contributed by atoms with Crippen molar-refractivity contribution in [2.24, 2.45) is 12.5 Å². The maximum absolute atomic E-state index is 11.9. The van der Waals surface area contributed by atoms with Crippen molar-refractivity contribution in [3.05, 3.63) is 23.5 Å². The Morgan fingerprint density at radius 2 is 2.29 bits per heavy atom. The molecule has 94 valence electrons. The highest BCUT2D eigenvalue weighted by Gasteiger charge is 2.38. The minimum Gasteiger partial charge on any atom is -0.396 e. The molecule has 0 radical (unpaired) electrons. The molecule has 0 saturated carbocycles. The van der Waals surface area contributed by atoms with Crippen molar-refractivity contribution < 1.29 is 14.6 Å². The predicted molar refractivity (Wildman–Crippen MR) is 62.8 cm³/mol. The summed E-state index contributed by atoms with van der Waals surface area (Å²) in [4.78, 5) is 11.9. The predicted octanol–water partition coefficient (Wildman–Crippen LogP) is 0.0722. The fourth-order valence-corrected chi connectivity index (χ4v) is 1.84. The molecule has 0 atom stereocenters. The van der Waals surface area contributed by atoms with Crippen LogP contribution < -0.4 is 5.32 Å². The van der Waals surface area contributed by atoms with Crippen molar-refractivity contribution in [2.75, 3.05) is 26.4 Å². The maximum atomic E-state index is 11.9. The Morgan fingerprint density at radius 1 is 1.59 bits per heavy atom. The quantitative estimate of drug-likeness (QED) is 0.780. The van der Waals surface area contributed by atoms with Crippen LogP contribution in [0.3, 0.4) is 0 Å². The van der Waals surface area contributed by atoms with Gasteiger partial charge < -0.3 is 19.7 Å². The molecule has 1 aromatic rings. The first kappa shape index (κ1) is 12.1. The standard InChI is InChI=1S/C12H18N2O3/c1-9-3-4-10(14(9)2)11(16)13-5-12(6-15)7-17-8-12/h3-4,15H,5-8H2,1-2H3,(H,13,16). The lowest BCUT2D eigenvalue weighted by molar-refractivity contribution is -0.133. The van der Waals surface area contributed by atoms with Gasteiger partial charge in [-0.2, -0.15) is 0 Å². The number of aliphatic hydroxyl groups excluding tert-OH is 1. The van der Waals surface area contributed by atoms with E-state index < -0.39 is 0 Å². The van der Waals surface area contributed by atoms with Crippen molar-refractivity contribution in [1.82, 2.24) is 9.88 Å². The summed E-state index contributed by atoms with van der Waals surface area (Å²) in [6.45, 7) is 3.46. The van der Waals surface area contributed by atoms with Crippen LogP contribution in [0.15, 0.2) is 12.1 Å². The van der Waals surface area contributed by atoms with Gasteiger partial charge in [0, 0.05) is 19.3 Å². The van der Waals surface area contributed by atoms with Crippen LogP contribution in [0.5, 0.6) is 0 Å². The molecule has 1 aliphatic rings. The van der Waals surface area contributed by atoms with Crippen LogP contribution in [0.1, 0.15) is 16.2 Å². The van der Waals surface area contributed by atoms with Gasteiger partial charge in [0.05, 0.1) is 25.2 Å². The van der Waals surface area contributed by atoms with E-state index in [1.165, 1.54) is 0 Å². The molecule has 17 heavy (non-hydrogen) atoms. The number of amides is 1. The number of aliphatic hydroxyl groups is 1. The van der Waals surface area contributed by atoms with Crippen LogP contribution in [0.2, 0.25) is 0 Å². The van der Waals surface area contributed by atoms with Crippen LogP contribution in [-0.4, -0.2) is 41.9 Å².